The number of carbonyl (C=O) groups is 3. The van der Waals surface area contributed by atoms with Crippen molar-refractivity contribution in [1.29, 1.82) is 0 Å². The van der Waals surface area contributed by atoms with E-state index < -0.39 is 17.7 Å². The van der Waals surface area contributed by atoms with E-state index in [-0.39, 0.29) is 6.54 Å². The fourth-order valence-electron chi connectivity index (χ4n) is 2.91. The molecule has 0 fully saturated rings. The lowest BCUT2D eigenvalue weighted by atomic mass is 10.1. The zero-order valence-corrected chi connectivity index (χ0v) is 13.4. The third-order valence-electron chi connectivity index (χ3n) is 4.13. The van der Waals surface area contributed by atoms with Crippen molar-refractivity contribution < 1.29 is 14.4 Å². The summed E-state index contributed by atoms with van der Waals surface area (Å²) in [6.45, 7) is 1.50. The predicted molar refractivity (Wildman–Crippen MR) is 90.6 cm³/mol. The van der Waals surface area contributed by atoms with Gasteiger partial charge in [0, 0.05) is 0 Å². The molecular weight excluding hydrogens is 320 g/mol. The molecule has 0 unspecified atom stereocenters. The summed E-state index contributed by atoms with van der Waals surface area (Å²) in [5.74, 6) is -1.38. The van der Waals surface area contributed by atoms with Gasteiger partial charge in [0.1, 0.15) is 12.9 Å². The summed E-state index contributed by atoms with van der Waals surface area (Å²) < 4.78 is 1.47. The Morgan fingerprint density at radius 1 is 1.08 bits per heavy atom. The SMILES string of the molecule is Cc1ccc2c(c1)C(=O)N(CC(=O)Nn1cnc3ccccc31)C2=O. The molecule has 3 amide bonds. The highest BCUT2D eigenvalue weighted by Gasteiger charge is 2.36. The summed E-state index contributed by atoms with van der Waals surface area (Å²) in [5, 5.41) is 0. The molecule has 0 radical (unpaired) electrons. The number of aryl methyl sites for hydroxylation is 1. The molecule has 0 spiro atoms. The van der Waals surface area contributed by atoms with Crippen LogP contribution >= 0.6 is 0 Å². The summed E-state index contributed by atoms with van der Waals surface area (Å²) >= 11 is 0. The van der Waals surface area contributed by atoms with E-state index in [9.17, 15) is 14.4 Å². The van der Waals surface area contributed by atoms with Crippen LogP contribution in [0.15, 0.2) is 48.8 Å². The van der Waals surface area contributed by atoms with E-state index in [1.807, 2.05) is 31.2 Å². The first kappa shape index (κ1) is 15.1. The number of amides is 3. The van der Waals surface area contributed by atoms with Gasteiger partial charge in [-0.1, -0.05) is 23.8 Å². The number of hydrogen-bond donors (Lipinski definition) is 1. The van der Waals surface area contributed by atoms with Gasteiger partial charge in [-0.3, -0.25) is 24.7 Å². The summed E-state index contributed by atoms with van der Waals surface area (Å²) in [4.78, 5) is 42.2. The molecule has 7 heteroatoms. The van der Waals surface area contributed by atoms with E-state index in [1.54, 1.807) is 18.2 Å². The maximum atomic E-state index is 12.4. The van der Waals surface area contributed by atoms with Gasteiger partial charge in [-0.25, -0.2) is 9.66 Å². The summed E-state index contributed by atoms with van der Waals surface area (Å²) in [6.07, 6.45) is 1.48. The maximum absolute atomic E-state index is 12.4. The minimum Gasteiger partial charge on any atom is -0.271 e. The van der Waals surface area contributed by atoms with Gasteiger partial charge in [-0.15, -0.1) is 0 Å². The van der Waals surface area contributed by atoms with Crippen LogP contribution in [0.25, 0.3) is 11.0 Å². The van der Waals surface area contributed by atoms with Crippen molar-refractivity contribution in [1.82, 2.24) is 14.6 Å². The van der Waals surface area contributed by atoms with E-state index in [0.717, 1.165) is 21.5 Å². The van der Waals surface area contributed by atoms with Gasteiger partial charge in [0.2, 0.25) is 0 Å². The van der Waals surface area contributed by atoms with Crippen molar-refractivity contribution >= 4 is 28.8 Å². The predicted octanol–water partition coefficient (Wildman–Crippen LogP) is 1.71. The van der Waals surface area contributed by atoms with Gasteiger partial charge in [-0.05, 0) is 31.2 Å². The van der Waals surface area contributed by atoms with Gasteiger partial charge in [-0.2, -0.15) is 0 Å². The monoisotopic (exact) mass is 334 g/mol. The Morgan fingerprint density at radius 3 is 2.68 bits per heavy atom. The standard InChI is InChI=1S/C18H14N4O3/c1-11-6-7-12-13(8-11)18(25)21(17(12)24)9-16(23)20-22-10-19-14-4-2-3-5-15(14)22/h2-8,10H,9H2,1H3,(H,20,23). The highest BCUT2D eigenvalue weighted by Crippen LogP contribution is 2.23. The number of para-hydroxylation sites is 2. The Bertz CT molecular complexity index is 1040. The van der Waals surface area contributed by atoms with Crippen LogP contribution in [0.4, 0.5) is 0 Å². The highest BCUT2D eigenvalue weighted by atomic mass is 16.2. The lowest BCUT2D eigenvalue weighted by molar-refractivity contribution is -0.117. The number of nitrogens with one attached hydrogen (secondary N) is 1. The number of imidazole rings is 1. The number of carbonyl (C=O) groups excluding carboxylic acids is 3. The van der Waals surface area contributed by atoms with Crippen LogP contribution in [0.3, 0.4) is 0 Å². The minimum atomic E-state index is -0.477. The van der Waals surface area contributed by atoms with E-state index in [2.05, 4.69) is 10.4 Å². The van der Waals surface area contributed by atoms with Crippen LogP contribution in [0.1, 0.15) is 26.3 Å². The van der Waals surface area contributed by atoms with E-state index in [4.69, 9.17) is 0 Å². The van der Waals surface area contributed by atoms with E-state index in [1.165, 1.54) is 11.0 Å². The molecular formula is C18H14N4O3. The lowest BCUT2D eigenvalue weighted by Crippen LogP contribution is -2.39. The number of imide groups is 1. The van der Waals surface area contributed by atoms with Crippen molar-refractivity contribution in [2.24, 2.45) is 0 Å². The quantitative estimate of drug-likeness (QED) is 0.739. The first-order chi connectivity index (χ1) is 12.0. The largest absolute Gasteiger partial charge is 0.271 e. The summed E-state index contributed by atoms with van der Waals surface area (Å²) in [6, 6.07) is 12.4. The topological polar surface area (TPSA) is 84.3 Å². The Balaban J connectivity index is 1.54. The van der Waals surface area contributed by atoms with Crippen molar-refractivity contribution in [2.75, 3.05) is 12.0 Å². The van der Waals surface area contributed by atoms with Gasteiger partial charge in [0.15, 0.2) is 0 Å². The number of aromatic nitrogens is 2. The molecule has 25 heavy (non-hydrogen) atoms. The molecule has 3 aromatic rings. The Labute approximate surface area is 142 Å². The second-order valence-corrected chi connectivity index (χ2v) is 5.88. The molecule has 1 N–H and O–H groups in total. The first-order valence-electron chi connectivity index (χ1n) is 7.73. The fourth-order valence-corrected chi connectivity index (χ4v) is 2.91. The zero-order chi connectivity index (χ0) is 17.6. The van der Waals surface area contributed by atoms with Crippen LogP contribution in [-0.4, -0.2) is 38.8 Å². The summed E-state index contributed by atoms with van der Waals surface area (Å²) in [5.41, 5.74) is 5.66. The Morgan fingerprint density at radius 2 is 1.84 bits per heavy atom. The fraction of sp³-hybridized carbons (Fsp3) is 0.111. The molecule has 0 saturated carbocycles. The number of hydrogen-bond acceptors (Lipinski definition) is 4. The molecule has 0 bridgehead atoms. The first-order valence-corrected chi connectivity index (χ1v) is 7.73. The van der Waals surface area contributed by atoms with Crippen molar-refractivity contribution in [3.8, 4) is 0 Å². The van der Waals surface area contributed by atoms with Gasteiger partial charge in [0.05, 0.1) is 22.2 Å². The van der Waals surface area contributed by atoms with Crippen LogP contribution in [-0.2, 0) is 4.79 Å². The molecule has 1 aromatic heterocycles. The smallest absolute Gasteiger partial charge is 0.262 e. The third kappa shape index (κ3) is 2.46. The average Bonchev–Trinajstić information content (AvgIpc) is 3.10. The summed E-state index contributed by atoms with van der Waals surface area (Å²) in [7, 11) is 0. The normalized spacial score (nSPS) is 13.4. The maximum Gasteiger partial charge on any atom is 0.262 e. The Hall–Kier alpha value is -3.48. The van der Waals surface area contributed by atoms with Crippen molar-refractivity contribution in [3.05, 3.63) is 65.5 Å². The Kier molecular flexibility index (Phi) is 3.35. The molecule has 1 aliphatic heterocycles. The highest BCUT2D eigenvalue weighted by molar-refractivity contribution is 6.22. The van der Waals surface area contributed by atoms with Crippen LogP contribution in [0, 0.1) is 6.92 Å². The number of rotatable bonds is 3. The third-order valence-corrected chi connectivity index (χ3v) is 4.13. The number of benzene rings is 2. The number of nitrogens with zero attached hydrogens (tertiary/aromatic N) is 3. The van der Waals surface area contributed by atoms with Crippen molar-refractivity contribution in [2.45, 2.75) is 6.92 Å². The molecule has 4 rings (SSSR count). The van der Waals surface area contributed by atoms with Crippen LogP contribution in [0.5, 0.6) is 0 Å². The molecule has 0 aliphatic carbocycles. The molecule has 7 nitrogen and oxygen atoms in total. The van der Waals surface area contributed by atoms with Gasteiger partial charge < -0.3 is 0 Å². The molecule has 0 atom stereocenters. The molecule has 1 aliphatic rings. The van der Waals surface area contributed by atoms with Crippen LogP contribution in [0.2, 0.25) is 0 Å². The van der Waals surface area contributed by atoms with Crippen molar-refractivity contribution in [3.63, 3.8) is 0 Å². The molecule has 0 saturated heterocycles. The molecule has 2 heterocycles. The van der Waals surface area contributed by atoms with Gasteiger partial charge in [0.25, 0.3) is 17.7 Å². The van der Waals surface area contributed by atoms with E-state index >= 15 is 0 Å². The van der Waals surface area contributed by atoms with Gasteiger partial charge >= 0.3 is 0 Å². The van der Waals surface area contributed by atoms with Crippen LogP contribution < -0.4 is 5.43 Å². The lowest BCUT2D eigenvalue weighted by Gasteiger charge is -2.14. The zero-order valence-electron chi connectivity index (χ0n) is 13.4. The second-order valence-electron chi connectivity index (χ2n) is 5.88. The minimum absolute atomic E-state index is 0.330. The van der Waals surface area contributed by atoms with E-state index in [0.29, 0.717) is 11.1 Å². The molecule has 124 valence electrons. The number of fused-ring (bicyclic) bond motifs is 2. The second kappa shape index (κ2) is 5.55. The molecule has 2 aromatic carbocycles. The average molecular weight is 334 g/mol.